The molecule has 3 aromatic rings. The predicted molar refractivity (Wildman–Crippen MR) is 120 cm³/mol. The highest BCUT2D eigenvalue weighted by Crippen LogP contribution is 2.32. The van der Waals surface area contributed by atoms with E-state index in [1.165, 1.54) is 11.3 Å². The lowest BCUT2D eigenvalue weighted by Gasteiger charge is -2.23. The van der Waals surface area contributed by atoms with Gasteiger partial charge in [-0.05, 0) is 46.6 Å². The van der Waals surface area contributed by atoms with Gasteiger partial charge in [-0.3, -0.25) is 9.48 Å². The molecule has 0 radical (unpaired) electrons. The van der Waals surface area contributed by atoms with Gasteiger partial charge in [0.2, 0.25) is 11.0 Å². The fourth-order valence-electron chi connectivity index (χ4n) is 3.90. The second kappa shape index (κ2) is 8.54. The quantitative estimate of drug-likeness (QED) is 0.609. The van der Waals surface area contributed by atoms with Crippen molar-refractivity contribution in [2.24, 2.45) is 7.05 Å². The Labute approximate surface area is 185 Å². The van der Waals surface area contributed by atoms with Crippen molar-refractivity contribution in [3.05, 3.63) is 45.6 Å². The van der Waals surface area contributed by atoms with Crippen LogP contribution >= 0.6 is 11.3 Å². The Morgan fingerprint density at radius 3 is 2.71 bits per heavy atom. The van der Waals surface area contributed by atoms with Gasteiger partial charge < -0.3 is 10.2 Å². The second-order valence-corrected chi connectivity index (χ2v) is 8.89. The second-order valence-electron chi connectivity index (χ2n) is 7.71. The molecule has 1 aliphatic heterocycles. The van der Waals surface area contributed by atoms with Gasteiger partial charge in [-0.25, -0.2) is 9.97 Å². The molecular formula is C21H26N8OS. The van der Waals surface area contributed by atoms with Gasteiger partial charge in [0.1, 0.15) is 16.6 Å². The number of amides is 1. The number of anilines is 2. The van der Waals surface area contributed by atoms with Crippen LogP contribution in [-0.2, 0) is 11.8 Å². The van der Waals surface area contributed by atoms with Crippen LogP contribution < -0.4 is 5.32 Å². The number of carbonyl (C=O) groups is 1. The molecule has 1 amide bonds. The summed E-state index contributed by atoms with van der Waals surface area (Å²) in [6.07, 6.45) is 5.33. The zero-order valence-corrected chi connectivity index (χ0v) is 19.2. The summed E-state index contributed by atoms with van der Waals surface area (Å²) in [7, 11) is 1.91. The lowest BCUT2D eigenvalue weighted by molar-refractivity contribution is -0.126. The summed E-state index contributed by atoms with van der Waals surface area (Å²) in [6.45, 7) is 8.42. The molecule has 4 rings (SSSR count). The molecule has 9 nitrogen and oxygen atoms in total. The Balaban J connectivity index is 1.55. The van der Waals surface area contributed by atoms with Gasteiger partial charge in [-0.2, -0.15) is 5.10 Å². The third-order valence-electron chi connectivity index (χ3n) is 5.45. The van der Waals surface area contributed by atoms with E-state index in [-0.39, 0.29) is 11.9 Å². The Morgan fingerprint density at radius 2 is 2.03 bits per heavy atom. The number of nitrogens with one attached hydrogen (secondary N) is 1. The number of aromatic nitrogens is 6. The Morgan fingerprint density at radius 1 is 1.23 bits per heavy atom. The molecule has 1 atom stereocenters. The molecule has 10 heteroatoms. The summed E-state index contributed by atoms with van der Waals surface area (Å²) in [6, 6.07) is 1.82. The minimum atomic E-state index is -0.0772. The summed E-state index contributed by atoms with van der Waals surface area (Å²) < 4.78 is 1.83. The number of aryl methyl sites for hydroxylation is 4. The largest absolute Gasteiger partial charge is 0.331 e. The maximum absolute atomic E-state index is 13.0. The molecule has 0 aliphatic carbocycles. The van der Waals surface area contributed by atoms with E-state index in [0.717, 1.165) is 40.5 Å². The van der Waals surface area contributed by atoms with Crippen molar-refractivity contribution in [3.63, 3.8) is 0 Å². The first kappa shape index (κ1) is 21.1. The Kier molecular flexibility index (Phi) is 5.81. The minimum Gasteiger partial charge on any atom is -0.331 e. The van der Waals surface area contributed by atoms with Gasteiger partial charge >= 0.3 is 0 Å². The predicted octanol–water partition coefficient (Wildman–Crippen LogP) is 3.42. The highest BCUT2D eigenvalue weighted by atomic mass is 32.1. The maximum Gasteiger partial charge on any atom is 0.247 e. The molecule has 0 spiro atoms. The van der Waals surface area contributed by atoms with Crippen LogP contribution in [0.2, 0.25) is 0 Å². The molecule has 0 saturated carbocycles. The first-order valence-corrected chi connectivity index (χ1v) is 11.0. The zero-order chi connectivity index (χ0) is 22.1. The highest BCUT2D eigenvalue weighted by molar-refractivity contribution is 7.15. The maximum atomic E-state index is 13.0. The van der Waals surface area contributed by atoms with Crippen molar-refractivity contribution in [2.45, 2.75) is 46.6 Å². The smallest absolute Gasteiger partial charge is 0.247 e. The lowest BCUT2D eigenvalue weighted by Crippen LogP contribution is -2.29. The van der Waals surface area contributed by atoms with Crippen LogP contribution in [0.5, 0.6) is 0 Å². The monoisotopic (exact) mass is 438 g/mol. The van der Waals surface area contributed by atoms with Gasteiger partial charge in [0, 0.05) is 37.0 Å². The summed E-state index contributed by atoms with van der Waals surface area (Å²) in [5.74, 6) is 1.29. The first-order valence-electron chi connectivity index (χ1n) is 10.2. The average molecular weight is 439 g/mol. The van der Waals surface area contributed by atoms with E-state index in [2.05, 4.69) is 30.6 Å². The molecule has 3 aromatic heterocycles. The third-order valence-corrected chi connectivity index (χ3v) is 6.21. The SMILES string of the molecule is Cc1nc(Nc2nnc(C)s2)cc([C@H]2CCCN2C(=O)/C=C/c2c(C)nn(C)c2C)n1. The minimum absolute atomic E-state index is 0.0179. The van der Waals surface area contributed by atoms with Crippen molar-refractivity contribution in [1.82, 2.24) is 34.8 Å². The zero-order valence-electron chi connectivity index (χ0n) is 18.4. The first-order chi connectivity index (χ1) is 14.8. The lowest BCUT2D eigenvalue weighted by atomic mass is 10.1. The van der Waals surface area contributed by atoms with E-state index in [9.17, 15) is 4.79 Å². The van der Waals surface area contributed by atoms with Crippen molar-refractivity contribution >= 4 is 34.3 Å². The number of rotatable bonds is 5. The van der Waals surface area contributed by atoms with Crippen LogP contribution in [0.25, 0.3) is 6.08 Å². The van der Waals surface area contributed by atoms with Crippen molar-refractivity contribution in [2.75, 3.05) is 11.9 Å². The van der Waals surface area contributed by atoms with E-state index in [1.54, 1.807) is 6.08 Å². The van der Waals surface area contributed by atoms with Crippen molar-refractivity contribution in [1.29, 1.82) is 0 Å². The van der Waals surface area contributed by atoms with Gasteiger partial charge in [0.25, 0.3) is 0 Å². The topological polar surface area (TPSA) is 102 Å². The molecule has 0 unspecified atom stereocenters. The third kappa shape index (κ3) is 4.48. The van der Waals surface area contributed by atoms with Gasteiger partial charge in [-0.1, -0.05) is 11.3 Å². The molecule has 4 heterocycles. The summed E-state index contributed by atoms with van der Waals surface area (Å²) in [4.78, 5) is 24.0. The summed E-state index contributed by atoms with van der Waals surface area (Å²) in [5, 5.41) is 17.3. The van der Waals surface area contributed by atoms with Gasteiger partial charge in [-0.15, -0.1) is 10.2 Å². The molecule has 162 valence electrons. The Bertz CT molecular complexity index is 1150. The van der Waals surface area contributed by atoms with Crippen molar-refractivity contribution in [3.8, 4) is 0 Å². The summed E-state index contributed by atoms with van der Waals surface area (Å²) in [5.41, 5.74) is 3.78. The van der Waals surface area contributed by atoms with Crippen LogP contribution in [0.4, 0.5) is 10.9 Å². The van der Waals surface area contributed by atoms with E-state index in [4.69, 9.17) is 0 Å². The van der Waals surface area contributed by atoms with Crippen LogP contribution in [-0.4, -0.2) is 47.3 Å². The molecule has 1 aliphatic rings. The standard InChI is InChI=1S/C21H26N8OS/c1-12-16(13(2)28(5)27-12)8-9-20(30)29-10-6-7-18(29)17-11-19(23-14(3)22-17)24-21-26-25-15(4)31-21/h8-9,11,18H,6-7,10H2,1-5H3,(H,22,23,24,26)/b9-8+/t18-/m1/s1. The van der Waals surface area contributed by atoms with E-state index in [0.29, 0.717) is 23.3 Å². The average Bonchev–Trinajstić information content (AvgIpc) is 3.41. The number of likely N-dealkylation sites (tertiary alicyclic amines) is 1. The molecule has 1 saturated heterocycles. The van der Waals surface area contributed by atoms with Crippen LogP contribution in [0.3, 0.4) is 0 Å². The van der Waals surface area contributed by atoms with Gasteiger partial charge in [0.15, 0.2) is 0 Å². The molecular weight excluding hydrogens is 412 g/mol. The fourth-order valence-corrected chi connectivity index (χ4v) is 4.50. The number of hydrogen-bond donors (Lipinski definition) is 1. The highest BCUT2D eigenvalue weighted by Gasteiger charge is 2.30. The van der Waals surface area contributed by atoms with E-state index in [1.807, 2.05) is 56.5 Å². The van der Waals surface area contributed by atoms with Crippen molar-refractivity contribution < 1.29 is 4.79 Å². The summed E-state index contributed by atoms with van der Waals surface area (Å²) >= 11 is 1.47. The molecule has 1 fully saturated rings. The molecule has 1 N–H and O–H groups in total. The Hall–Kier alpha value is -3.14. The normalized spacial score (nSPS) is 16.4. The van der Waals surface area contributed by atoms with E-state index < -0.39 is 0 Å². The van der Waals surface area contributed by atoms with E-state index >= 15 is 0 Å². The number of carbonyl (C=O) groups excluding carboxylic acids is 1. The fraction of sp³-hybridized carbons (Fsp3) is 0.429. The molecule has 31 heavy (non-hydrogen) atoms. The number of nitrogens with zero attached hydrogens (tertiary/aromatic N) is 7. The van der Waals surface area contributed by atoms with Crippen LogP contribution in [0.1, 0.15) is 52.4 Å². The van der Waals surface area contributed by atoms with Crippen LogP contribution in [0.15, 0.2) is 12.1 Å². The van der Waals surface area contributed by atoms with Crippen LogP contribution in [0, 0.1) is 27.7 Å². The number of hydrogen-bond acceptors (Lipinski definition) is 8. The molecule has 0 bridgehead atoms. The molecule has 0 aromatic carbocycles. The van der Waals surface area contributed by atoms with Gasteiger partial charge in [0.05, 0.1) is 17.4 Å².